The van der Waals surface area contributed by atoms with E-state index in [2.05, 4.69) is 49.1 Å². The summed E-state index contributed by atoms with van der Waals surface area (Å²) < 4.78 is 15.9. The zero-order valence-electron chi connectivity index (χ0n) is 11.7. The third-order valence-corrected chi connectivity index (χ3v) is 4.35. The molecule has 1 heterocycles. The molecule has 1 aromatic heterocycles. The molecule has 0 saturated heterocycles. The quantitative estimate of drug-likeness (QED) is 0.715. The molecule has 1 N–H and O–H groups in total. The average molecular weight is 416 g/mol. The van der Waals surface area contributed by atoms with E-state index in [1.165, 1.54) is 6.07 Å². The maximum absolute atomic E-state index is 14.2. The summed E-state index contributed by atoms with van der Waals surface area (Å²) in [5.41, 5.74) is 1.60. The van der Waals surface area contributed by atoms with Crippen molar-refractivity contribution in [3.63, 3.8) is 0 Å². The van der Waals surface area contributed by atoms with Crippen molar-refractivity contribution in [2.75, 3.05) is 6.54 Å². The van der Waals surface area contributed by atoms with Gasteiger partial charge in [-0.1, -0.05) is 28.9 Å². The predicted molar refractivity (Wildman–Crippen MR) is 90.8 cm³/mol. The van der Waals surface area contributed by atoms with Gasteiger partial charge in [-0.15, -0.1) is 0 Å². The number of halogens is 3. The molecule has 0 bridgehead atoms. The monoisotopic (exact) mass is 414 g/mol. The largest absolute Gasteiger partial charge is 0.309 e. The van der Waals surface area contributed by atoms with Gasteiger partial charge in [-0.25, -0.2) is 4.39 Å². The Morgan fingerprint density at radius 2 is 2.05 bits per heavy atom. The van der Waals surface area contributed by atoms with Crippen LogP contribution in [0.1, 0.15) is 30.6 Å². The highest BCUT2D eigenvalue weighted by molar-refractivity contribution is 9.10. The number of nitrogens with zero attached hydrogens (tertiary/aromatic N) is 1. The highest BCUT2D eigenvalue weighted by Crippen LogP contribution is 2.28. The van der Waals surface area contributed by atoms with Gasteiger partial charge in [0.05, 0.1) is 0 Å². The van der Waals surface area contributed by atoms with Crippen LogP contribution in [0.2, 0.25) is 0 Å². The summed E-state index contributed by atoms with van der Waals surface area (Å²) in [6.45, 7) is 2.93. The van der Waals surface area contributed by atoms with Gasteiger partial charge >= 0.3 is 0 Å². The van der Waals surface area contributed by atoms with Crippen LogP contribution in [0.4, 0.5) is 4.39 Å². The fraction of sp³-hybridized carbons (Fsp3) is 0.312. The van der Waals surface area contributed by atoms with E-state index < -0.39 is 0 Å². The van der Waals surface area contributed by atoms with Gasteiger partial charge in [-0.3, -0.25) is 4.98 Å². The van der Waals surface area contributed by atoms with Crippen molar-refractivity contribution in [2.45, 2.75) is 25.8 Å². The molecule has 1 atom stereocenters. The lowest BCUT2D eigenvalue weighted by Crippen LogP contribution is -2.25. The first-order valence-corrected chi connectivity index (χ1v) is 8.48. The number of hydrogen-bond acceptors (Lipinski definition) is 2. The van der Waals surface area contributed by atoms with E-state index in [1.807, 2.05) is 18.2 Å². The van der Waals surface area contributed by atoms with Gasteiger partial charge in [0.15, 0.2) is 0 Å². The van der Waals surface area contributed by atoms with E-state index in [1.54, 1.807) is 12.3 Å². The molecule has 0 radical (unpaired) electrons. The van der Waals surface area contributed by atoms with E-state index in [0.29, 0.717) is 12.0 Å². The maximum Gasteiger partial charge on any atom is 0.129 e. The lowest BCUT2D eigenvalue weighted by atomic mass is 10.0. The molecule has 2 rings (SSSR count). The number of aromatic nitrogens is 1. The molecular formula is C16H17Br2FN2. The van der Waals surface area contributed by atoms with Gasteiger partial charge in [0.1, 0.15) is 5.82 Å². The molecule has 1 aromatic carbocycles. The number of pyridine rings is 1. The highest BCUT2D eigenvalue weighted by atomic mass is 79.9. The van der Waals surface area contributed by atoms with Gasteiger partial charge in [-0.05, 0) is 53.2 Å². The summed E-state index contributed by atoms with van der Waals surface area (Å²) in [5, 5.41) is 3.41. The van der Waals surface area contributed by atoms with Crippen LogP contribution in [0, 0.1) is 5.82 Å². The van der Waals surface area contributed by atoms with Crippen molar-refractivity contribution in [1.82, 2.24) is 10.3 Å². The molecule has 0 spiro atoms. The summed E-state index contributed by atoms with van der Waals surface area (Å²) >= 11 is 6.83. The highest BCUT2D eigenvalue weighted by Gasteiger charge is 2.19. The fourth-order valence-corrected chi connectivity index (χ4v) is 3.03. The Morgan fingerprint density at radius 3 is 2.67 bits per heavy atom. The van der Waals surface area contributed by atoms with Gasteiger partial charge in [0, 0.05) is 38.9 Å². The average Bonchev–Trinajstić information content (AvgIpc) is 2.46. The van der Waals surface area contributed by atoms with E-state index >= 15 is 0 Å². The molecule has 5 heteroatoms. The molecule has 21 heavy (non-hydrogen) atoms. The van der Waals surface area contributed by atoms with Crippen molar-refractivity contribution in [3.05, 3.63) is 62.5 Å². The SMILES string of the molecule is CCCNC(Cc1ccc(Br)cn1)c1c(F)cccc1Br. The Bertz CT molecular complexity index is 567. The summed E-state index contributed by atoms with van der Waals surface area (Å²) in [6.07, 6.45) is 3.41. The van der Waals surface area contributed by atoms with Crippen molar-refractivity contribution in [2.24, 2.45) is 0 Å². The Morgan fingerprint density at radius 1 is 1.24 bits per heavy atom. The molecule has 2 aromatic rings. The van der Waals surface area contributed by atoms with Gasteiger partial charge in [0.2, 0.25) is 0 Å². The number of hydrogen-bond donors (Lipinski definition) is 1. The molecular weight excluding hydrogens is 399 g/mol. The summed E-state index contributed by atoms with van der Waals surface area (Å²) in [6, 6.07) is 8.88. The molecule has 0 aliphatic carbocycles. The van der Waals surface area contributed by atoms with Crippen LogP contribution in [-0.2, 0) is 6.42 Å². The normalized spacial score (nSPS) is 12.4. The first-order chi connectivity index (χ1) is 10.1. The summed E-state index contributed by atoms with van der Waals surface area (Å²) in [7, 11) is 0. The molecule has 0 fully saturated rings. The third-order valence-electron chi connectivity index (χ3n) is 3.19. The predicted octanol–water partition coefficient (Wildman–Crippen LogP) is 5.03. The van der Waals surface area contributed by atoms with Crippen LogP contribution in [0.15, 0.2) is 45.5 Å². The topological polar surface area (TPSA) is 24.9 Å². The minimum atomic E-state index is -0.199. The standard InChI is InChI=1S/C16H17Br2FN2/c1-2-8-20-15(9-12-7-6-11(17)10-21-12)16-13(18)4-3-5-14(16)19/h3-7,10,15,20H,2,8-9H2,1H3. The first kappa shape index (κ1) is 16.6. The second-order valence-corrected chi connectivity index (χ2v) is 6.58. The van der Waals surface area contributed by atoms with E-state index in [4.69, 9.17) is 0 Å². The Kier molecular flexibility index (Phi) is 6.33. The lowest BCUT2D eigenvalue weighted by molar-refractivity contribution is 0.491. The van der Waals surface area contributed by atoms with Crippen LogP contribution >= 0.6 is 31.9 Å². The van der Waals surface area contributed by atoms with Gasteiger partial charge < -0.3 is 5.32 Å². The smallest absolute Gasteiger partial charge is 0.129 e. The van der Waals surface area contributed by atoms with Crippen molar-refractivity contribution in [3.8, 4) is 0 Å². The molecule has 0 aliphatic rings. The second kappa shape index (κ2) is 8.01. The summed E-state index contributed by atoms with van der Waals surface area (Å²) in [5.74, 6) is -0.199. The Balaban J connectivity index is 2.27. The Labute approximate surface area is 141 Å². The van der Waals surface area contributed by atoms with Crippen LogP contribution < -0.4 is 5.32 Å². The third kappa shape index (κ3) is 4.59. The maximum atomic E-state index is 14.2. The number of rotatable bonds is 6. The van der Waals surface area contributed by atoms with E-state index in [9.17, 15) is 4.39 Å². The molecule has 2 nitrogen and oxygen atoms in total. The molecule has 1 unspecified atom stereocenters. The number of benzene rings is 1. The minimum Gasteiger partial charge on any atom is -0.309 e. The van der Waals surface area contributed by atoms with Crippen LogP contribution in [0.5, 0.6) is 0 Å². The Hall–Kier alpha value is -0.780. The summed E-state index contributed by atoms with van der Waals surface area (Å²) in [4.78, 5) is 4.39. The van der Waals surface area contributed by atoms with Crippen molar-refractivity contribution < 1.29 is 4.39 Å². The van der Waals surface area contributed by atoms with E-state index in [-0.39, 0.29) is 11.9 Å². The minimum absolute atomic E-state index is 0.103. The first-order valence-electron chi connectivity index (χ1n) is 6.89. The second-order valence-electron chi connectivity index (χ2n) is 4.81. The van der Waals surface area contributed by atoms with Crippen molar-refractivity contribution >= 4 is 31.9 Å². The van der Waals surface area contributed by atoms with Crippen LogP contribution in [-0.4, -0.2) is 11.5 Å². The molecule has 0 aliphatic heterocycles. The zero-order valence-corrected chi connectivity index (χ0v) is 14.9. The fourth-order valence-electron chi connectivity index (χ4n) is 2.17. The zero-order chi connectivity index (χ0) is 15.2. The molecule has 112 valence electrons. The van der Waals surface area contributed by atoms with Crippen LogP contribution in [0.25, 0.3) is 0 Å². The van der Waals surface area contributed by atoms with Crippen LogP contribution in [0.3, 0.4) is 0 Å². The van der Waals surface area contributed by atoms with Gasteiger partial charge in [0.25, 0.3) is 0 Å². The number of nitrogens with one attached hydrogen (secondary N) is 1. The molecule has 0 saturated carbocycles. The van der Waals surface area contributed by atoms with E-state index in [0.717, 1.165) is 27.6 Å². The molecule has 0 amide bonds. The van der Waals surface area contributed by atoms with Gasteiger partial charge in [-0.2, -0.15) is 0 Å². The van der Waals surface area contributed by atoms with Crippen molar-refractivity contribution in [1.29, 1.82) is 0 Å². The lowest BCUT2D eigenvalue weighted by Gasteiger charge is -2.20.